The van der Waals surface area contributed by atoms with Crippen molar-refractivity contribution in [1.29, 1.82) is 0 Å². The van der Waals surface area contributed by atoms with Crippen LogP contribution in [0.1, 0.15) is 42.5 Å². The van der Waals surface area contributed by atoms with E-state index < -0.39 is 0 Å². The molecular weight excluding hydrogens is 444 g/mol. The zero-order chi connectivity index (χ0) is 24.6. The minimum atomic E-state index is -0.281. The quantitative estimate of drug-likeness (QED) is 0.633. The molecule has 1 saturated heterocycles. The largest absolute Gasteiger partial charge is 0.378 e. The van der Waals surface area contributed by atoms with Crippen molar-refractivity contribution in [2.45, 2.75) is 32.1 Å². The third kappa shape index (κ3) is 6.82. The summed E-state index contributed by atoms with van der Waals surface area (Å²) < 4.78 is 5.38. The number of morpholine rings is 1. The van der Waals surface area contributed by atoms with Gasteiger partial charge >= 0.3 is 0 Å². The lowest BCUT2D eigenvalue weighted by atomic mass is 9.88. The molecule has 4 rings (SSSR count). The summed E-state index contributed by atoms with van der Waals surface area (Å²) in [6.45, 7) is 3.06. The predicted octanol–water partition coefficient (Wildman–Crippen LogP) is 3.75. The lowest BCUT2D eigenvalue weighted by Gasteiger charge is -2.28. The van der Waals surface area contributed by atoms with E-state index in [0.717, 1.165) is 44.5 Å². The van der Waals surface area contributed by atoms with Crippen molar-refractivity contribution < 1.29 is 19.1 Å². The molecule has 0 bridgehead atoms. The number of nitrogens with zero attached hydrogens (tertiary/aromatic N) is 2. The first kappa shape index (κ1) is 24.7. The molecule has 2 aromatic carbocycles. The summed E-state index contributed by atoms with van der Waals surface area (Å²) in [6.07, 6.45) is 5.19. The highest BCUT2D eigenvalue weighted by Gasteiger charge is 2.22. The standard InChI is InChI=1S/C27H34N4O4/c1-30(19-25(32)28-22-10-12-24(13-11-22)31-14-16-35-17-15-31)27(34)21-8-5-9-23(18-21)29-26(33)20-6-3-2-4-7-20/h5,8-13,18,20H,2-4,6-7,14-17,19H2,1H3,(H,28,32)(H,29,33). The Morgan fingerprint density at radius 2 is 1.66 bits per heavy atom. The molecule has 2 N–H and O–H groups in total. The van der Waals surface area contributed by atoms with Crippen LogP contribution >= 0.6 is 0 Å². The van der Waals surface area contributed by atoms with Gasteiger partial charge in [0.1, 0.15) is 0 Å². The van der Waals surface area contributed by atoms with Crippen LogP contribution in [-0.4, -0.2) is 62.5 Å². The van der Waals surface area contributed by atoms with Gasteiger partial charge in [0.05, 0.1) is 19.8 Å². The van der Waals surface area contributed by atoms with Crippen LogP contribution in [0.2, 0.25) is 0 Å². The van der Waals surface area contributed by atoms with Crippen molar-refractivity contribution in [2.75, 3.05) is 55.4 Å². The molecule has 0 spiro atoms. The topological polar surface area (TPSA) is 91.0 Å². The average Bonchev–Trinajstić information content (AvgIpc) is 2.89. The minimum absolute atomic E-state index is 0.0154. The van der Waals surface area contributed by atoms with Gasteiger partial charge in [-0.3, -0.25) is 14.4 Å². The number of likely N-dealkylation sites (N-methyl/N-ethyl adjacent to an activating group) is 1. The van der Waals surface area contributed by atoms with E-state index in [9.17, 15) is 14.4 Å². The first-order chi connectivity index (χ1) is 17.0. The van der Waals surface area contributed by atoms with E-state index in [4.69, 9.17) is 4.74 Å². The van der Waals surface area contributed by atoms with Gasteiger partial charge in [0.25, 0.3) is 5.91 Å². The summed E-state index contributed by atoms with van der Waals surface area (Å²) in [5.74, 6) is -0.502. The molecule has 8 heteroatoms. The van der Waals surface area contributed by atoms with E-state index in [0.29, 0.717) is 30.2 Å². The molecular formula is C27H34N4O4. The van der Waals surface area contributed by atoms with Gasteiger partial charge in [0, 0.05) is 48.7 Å². The zero-order valence-electron chi connectivity index (χ0n) is 20.3. The summed E-state index contributed by atoms with van der Waals surface area (Å²) in [5, 5.41) is 5.80. The van der Waals surface area contributed by atoms with Crippen LogP contribution in [0, 0.1) is 5.92 Å². The fraction of sp³-hybridized carbons (Fsp3) is 0.444. The molecule has 1 aliphatic carbocycles. The maximum atomic E-state index is 12.9. The molecule has 1 heterocycles. The van der Waals surface area contributed by atoms with Crippen molar-refractivity contribution in [3.05, 3.63) is 54.1 Å². The Balaban J connectivity index is 1.29. The van der Waals surface area contributed by atoms with Crippen LogP contribution in [0.5, 0.6) is 0 Å². The molecule has 2 aromatic rings. The molecule has 0 unspecified atom stereocenters. The lowest BCUT2D eigenvalue weighted by molar-refractivity contribution is -0.120. The first-order valence-electron chi connectivity index (χ1n) is 12.4. The number of hydrogen-bond acceptors (Lipinski definition) is 5. The van der Waals surface area contributed by atoms with Gasteiger partial charge in [-0.2, -0.15) is 0 Å². The highest BCUT2D eigenvalue weighted by molar-refractivity contribution is 6.00. The van der Waals surface area contributed by atoms with E-state index in [1.54, 1.807) is 31.3 Å². The van der Waals surface area contributed by atoms with Crippen LogP contribution < -0.4 is 15.5 Å². The molecule has 1 saturated carbocycles. The van der Waals surface area contributed by atoms with Gasteiger partial charge in [0.2, 0.25) is 11.8 Å². The third-order valence-electron chi connectivity index (χ3n) is 6.61. The maximum absolute atomic E-state index is 12.9. The van der Waals surface area contributed by atoms with Gasteiger partial charge in [-0.15, -0.1) is 0 Å². The van der Waals surface area contributed by atoms with Crippen LogP contribution in [0.15, 0.2) is 48.5 Å². The average molecular weight is 479 g/mol. The van der Waals surface area contributed by atoms with Crippen LogP contribution in [0.3, 0.4) is 0 Å². The smallest absolute Gasteiger partial charge is 0.254 e. The van der Waals surface area contributed by atoms with E-state index in [2.05, 4.69) is 15.5 Å². The summed E-state index contributed by atoms with van der Waals surface area (Å²) in [6, 6.07) is 14.6. The Bertz CT molecular complexity index is 1030. The molecule has 2 aliphatic rings. The van der Waals surface area contributed by atoms with E-state index in [1.165, 1.54) is 11.3 Å². The second kappa shape index (κ2) is 11.8. The molecule has 0 atom stereocenters. The van der Waals surface area contributed by atoms with Crippen molar-refractivity contribution in [3.63, 3.8) is 0 Å². The Morgan fingerprint density at radius 3 is 2.37 bits per heavy atom. The fourth-order valence-corrected chi connectivity index (χ4v) is 4.62. The minimum Gasteiger partial charge on any atom is -0.378 e. The van der Waals surface area contributed by atoms with E-state index >= 15 is 0 Å². The predicted molar refractivity (Wildman–Crippen MR) is 137 cm³/mol. The van der Waals surface area contributed by atoms with E-state index in [1.807, 2.05) is 24.3 Å². The Labute approximate surface area is 206 Å². The first-order valence-corrected chi connectivity index (χ1v) is 12.4. The zero-order valence-corrected chi connectivity index (χ0v) is 20.3. The van der Waals surface area contributed by atoms with Crippen molar-refractivity contribution in [2.24, 2.45) is 5.92 Å². The molecule has 3 amide bonds. The third-order valence-corrected chi connectivity index (χ3v) is 6.61. The number of ether oxygens (including phenoxy) is 1. The van der Waals surface area contributed by atoms with Gasteiger partial charge in [-0.25, -0.2) is 0 Å². The molecule has 35 heavy (non-hydrogen) atoms. The number of rotatable bonds is 7. The normalized spacial score (nSPS) is 16.4. The SMILES string of the molecule is CN(CC(=O)Nc1ccc(N2CCOCC2)cc1)C(=O)c1cccc(NC(=O)C2CCCCC2)c1. The second-order valence-corrected chi connectivity index (χ2v) is 9.26. The second-order valence-electron chi connectivity index (χ2n) is 9.26. The van der Waals surface area contributed by atoms with Gasteiger partial charge < -0.3 is 25.2 Å². The number of benzene rings is 2. The van der Waals surface area contributed by atoms with E-state index in [-0.39, 0.29) is 30.2 Å². The van der Waals surface area contributed by atoms with Crippen molar-refractivity contribution >= 4 is 34.8 Å². The Kier molecular flexibility index (Phi) is 8.36. The monoisotopic (exact) mass is 478 g/mol. The van der Waals surface area contributed by atoms with Crippen LogP contribution in [0.25, 0.3) is 0 Å². The Morgan fingerprint density at radius 1 is 0.943 bits per heavy atom. The number of hydrogen-bond donors (Lipinski definition) is 2. The number of carbonyl (C=O) groups excluding carboxylic acids is 3. The Hall–Kier alpha value is -3.39. The van der Waals surface area contributed by atoms with Crippen LogP contribution in [0.4, 0.5) is 17.1 Å². The van der Waals surface area contributed by atoms with Crippen LogP contribution in [-0.2, 0) is 14.3 Å². The highest BCUT2D eigenvalue weighted by atomic mass is 16.5. The molecule has 2 fully saturated rings. The summed E-state index contributed by atoms with van der Waals surface area (Å²) in [7, 11) is 1.59. The number of nitrogens with one attached hydrogen (secondary N) is 2. The van der Waals surface area contributed by atoms with Gasteiger partial charge in [-0.05, 0) is 55.3 Å². The summed E-state index contributed by atoms with van der Waals surface area (Å²) in [4.78, 5) is 41.6. The number of amides is 3. The maximum Gasteiger partial charge on any atom is 0.254 e. The summed E-state index contributed by atoms with van der Waals surface area (Å²) in [5.41, 5.74) is 2.80. The molecule has 186 valence electrons. The molecule has 1 aliphatic heterocycles. The lowest BCUT2D eigenvalue weighted by Crippen LogP contribution is -2.36. The number of carbonyl (C=O) groups is 3. The van der Waals surface area contributed by atoms with Gasteiger partial charge in [-0.1, -0.05) is 25.3 Å². The fourth-order valence-electron chi connectivity index (χ4n) is 4.62. The van der Waals surface area contributed by atoms with Crippen molar-refractivity contribution in [3.8, 4) is 0 Å². The molecule has 0 aromatic heterocycles. The summed E-state index contributed by atoms with van der Waals surface area (Å²) >= 11 is 0. The molecule has 0 radical (unpaired) electrons. The van der Waals surface area contributed by atoms with Gasteiger partial charge in [0.15, 0.2) is 0 Å². The number of anilines is 3. The molecule has 8 nitrogen and oxygen atoms in total. The van der Waals surface area contributed by atoms with Crippen molar-refractivity contribution in [1.82, 2.24) is 4.90 Å². The highest BCUT2D eigenvalue weighted by Crippen LogP contribution is 2.25.